The minimum atomic E-state index is -4.06. The Labute approximate surface area is 196 Å². The van der Waals surface area contributed by atoms with Crippen molar-refractivity contribution in [3.63, 3.8) is 0 Å². The normalized spacial score (nSPS) is 12.0. The summed E-state index contributed by atoms with van der Waals surface area (Å²) in [4.78, 5) is 35.5. The third-order valence-corrected chi connectivity index (χ3v) is 6.41. The molecule has 176 valence electrons. The highest BCUT2D eigenvalue weighted by Crippen LogP contribution is 2.15. The summed E-state index contributed by atoms with van der Waals surface area (Å²) < 4.78 is 33.2. The molecule has 0 fully saturated rings. The van der Waals surface area contributed by atoms with Crippen LogP contribution >= 0.6 is 0 Å². The van der Waals surface area contributed by atoms with Crippen molar-refractivity contribution in [1.29, 1.82) is 0 Å². The summed E-state index contributed by atoms with van der Waals surface area (Å²) >= 11 is 0. The van der Waals surface area contributed by atoms with Crippen LogP contribution in [-0.4, -0.2) is 37.7 Å². The van der Waals surface area contributed by atoms with Crippen LogP contribution in [0, 0.1) is 17.0 Å². The molecule has 34 heavy (non-hydrogen) atoms. The third-order valence-electron chi connectivity index (χ3n) is 4.92. The Kier molecular flexibility index (Phi) is 7.87. The third kappa shape index (κ3) is 6.56. The standard InChI is InChI=1S/C24H22N2O7S/c1-17-10-12-21(13-11-17)34(31,32)25-22(14-18-6-3-2-4-7-18)24(28)33-16-23(27)19-8-5-9-20(15-19)26(29)30/h2-13,15,22,25H,14,16H2,1H3/t22-/m0/s1. The molecule has 0 aliphatic carbocycles. The van der Waals surface area contributed by atoms with E-state index in [2.05, 4.69) is 4.72 Å². The van der Waals surface area contributed by atoms with E-state index in [1.54, 1.807) is 42.5 Å². The zero-order valence-corrected chi connectivity index (χ0v) is 19.0. The van der Waals surface area contributed by atoms with Crippen LogP contribution in [0.25, 0.3) is 0 Å². The molecular weight excluding hydrogens is 460 g/mol. The Morgan fingerprint density at radius 1 is 1.00 bits per heavy atom. The molecule has 3 aromatic rings. The Hall–Kier alpha value is -3.89. The monoisotopic (exact) mass is 482 g/mol. The van der Waals surface area contributed by atoms with Gasteiger partial charge in [0.25, 0.3) is 5.69 Å². The van der Waals surface area contributed by atoms with Gasteiger partial charge in [0.05, 0.1) is 9.82 Å². The van der Waals surface area contributed by atoms with Crippen molar-refractivity contribution in [1.82, 2.24) is 4.72 Å². The highest BCUT2D eigenvalue weighted by molar-refractivity contribution is 7.89. The van der Waals surface area contributed by atoms with Gasteiger partial charge in [-0.2, -0.15) is 4.72 Å². The molecule has 1 atom stereocenters. The summed E-state index contributed by atoms with van der Waals surface area (Å²) in [5.41, 5.74) is 1.28. The number of carbonyl (C=O) groups excluding carboxylic acids is 2. The zero-order chi connectivity index (χ0) is 24.7. The zero-order valence-electron chi connectivity index (χ0n) is 18.2. The van der Waals surface area contributed by atoms with Gasteiger partial charge in [0, 0.05) is 17.7 Å². The van der Waals surface area contributed by atoms with E-state index in [0.717, 1.165) is 11.6 Å². The van der Waals surface area contributed by atoms with Crippen molar-refractivity contribution in [3.8, 4) is 0 Å². The number of nitro groups is 1. The number of nitro benzene ring substituents is 1. The van der Waals surface area contributed by atoms with Crippen LogP contribution in [0.15, 0.2) is 83.8 Å². The second kappa shape index (κ2) is 10.8. The molecule has 0 saturated carbocycles. The van der Waals surface area contributed by atoms with E-state index in [0.29, 0.717) is 5.56 Å². The van der Waals surface area contributed by atoms with Gasteiger partial charge in [0.1, 0.15) is 6.04 Å². The fourth-order valence-electron chi connectivity index (χ4n) is 3.11. The van der Waals surface area contributed by atoms with Crippen molar-refractivity contribution in [2.75, 3.05) is 6.61 Å². The summed E-state index contributed by atoms with van der Waals surface area (Å²) in [6.45, 7) is 1.12. The minimum Gasteiger partial charge on any atom is -0.456 e. The number of carbonyl (C=O) groups is 2. The van der Waals surface area contributed by atoms with Crippen molar-refractivity contribution < 1.29 is 27.7 Å². The molecular formula is C24H22N2O7S. The van der Waals surface area contributed by atoms with E-state index in [4.69, 9.17) is 4.74 Å². The van der Waals surface area contributed by atoms with E-state index >= 15 is 0 Å². The molecule has 3 aromatic carbocycles. The molecule has 0 spiro atoms. The van der Waals surface area contributed by atoms with E-state index in [9.17, 15) is 28.1 Å². The molecule has 0 radical (unpaired) electrons. The van der Waals surface area contributed by atoms with Gasteiger partial charge in [0.2, 0.25) is 15.8 Å². The van der Waals surface area contributed by atoms with Crippen molar-refractivity contribution in [3.05, 3.63) is 106 Å². The number of hydrogen-bond donors (Lipinski definition) is 1. The average molecular weight is 483 g/mol. The first-order valence-electron chi connectivity index (χ1n) is 10.2. The van der Waals surface area contributed by atoms with E-state index in [1.165, 1.54) is 30.3 Å². The number of sulfonamides is 1. The average Bonchev–Trinajstić information content (AvgIpc) is 2.82. The molecule has 0 aromatic heterocycles. The van der Waals surface area contributed by atoms with Gasteiger partial charge in [-0.15, -0.1) is 0 Å². The number of ketones is 1. The number of benzene rings is 3. The Morgan fingerprint density at radius 3 is 2.32 bits per heavy atom. The van der Waals surface area contributed by atoms with E-state index < -0.39 is 39.3 Å². The van der Waals surface area contributed by atoms with Crippen molar-refractivity contribution >= 4 is 27.5 Å². The van der Waals surface area contributed by atoms with Crippen LogP contribution in [0.5, 0.6) is 0 Å². The lowest BCUT2D eigenvalue weighted by Crippen LogP contribution is -2.43. The second-order valence-electron chi connectivity index (χ2n) is 7.51. The van der Waals surface area contributed by atoms with Crippen molar-refractivity contribution in [2.45, 2.75) is 24.3 Å². The maximum atomic E-state index is 12.9. The Balaban J connectivity index is 1.76. The molecule has 0 aliphatic rings. The number of aryl methyl sites for hydroxylation is 1. The van der Waals surface area contributed by atoms with Gasteiger partial charge in [-0.1, -0.05) is 60.2 Å². The van der Waals surface area contributed by atoms with Gasteiger partial charge in [-0.3, -0.25) is 19.7 Å². The van der Waals surface area contributed by atoms with E-state index in [-0.39, 0.29) is 22.6 Å². The topological polar surface area (TPSA) is 133 Å². The fraction of sp³-hybridized carbons (Fsp3) is 0.167. The van der Waals surface area contributed by atoms with Gasteiger partial charge < -0.3 is 4.74 Å². The lowest BCUT2D eigenvalue weighted by Gasteiger charge is -2.18. The molecule has 1 N–H and O–H groups in total. The van der Waals surface area contributed by atoms with Crippen LogP contribution in [0.2, 0.25) is 0 Å². The number of esters is 1. The molecule has 0 saturated heterocycles. The quantitative estimate of drug-likeness (QED) is 0.203. The molecule has 3 rings (SSSR count). The summed E-state index contributed by atoms with van der Waals surface area (Å²) in [6.07, 6.45) is -0.00420. The summed E-state index contributed by atoms with van der Waals surface area (Å²) in [5.74, 6) is -1.60. The number of hydrogen-bond acceptors (Lipinski definition) is 7. The number of ether oxygens (including phenoxy) is 1. The fourth-order valence-corrected chi connectivity index (χ4v) is 4.29. The first-order chi connectivity index (χ1) is 16.2. The lowest BCUT2D eigenvalue weighted by atomic mass is 10.1. The van der Waals surface area contributed by atoms with Crippen molar-refractivity contribution in [2.24, 2.45) is 0 Å². The van der Waals surface area contributed by atoms with Crippen LogP contribution in [0.3, 0.4) is 0 Å². The molecule has 0 unspecified atom stereocenters. The smallest absolute Gasteiger partial charge is 0.324 e. The molecule has 9 nitrogen and oxygen atoms in total. The number of nitrogens with zero attached hydrogens (tertiary/aromatic N) is 1. The second-order valence-corrected chi connectivity index (χ2v) is 9.23. The highest BCUT2D eigenvalue weighted by Gasteiger charge is 2.28. The summed E-state index contributed by atoms with van der Waals surface area (Å²) in [6, 6.07) is 18.6. The maximum Gasteiger partial charge on any atom is 0.324 e. The summed E-state index contributed by atoms with van der Waals surface area (Å²) in [7, 11) is -4.06. The SMILES string of the molecule is Cc1ccc(S(=O)(=O)N[C@@H](Cc2ccccc2)C(=O)OCC(=O)c2cccc([N+](=O)[O-])c2)cc1. The van der Waals surface area contributed by atoms with Crippen LogP contribution in [0.4, 0.5) is 5.69 Å². The number of rotatable bonds is 10. The molecule has 0 bridgehead atoms. The van der Waals surface area contributed by atoms with Crippen LogP contribution in [-0.2, 0) is 26.0 Å². The van der Waals surface area contributed by atoms with E-state index in [1.807, 2.05) is 6.92 Å². The van der Waals surface area contributed by atoms with Gasteiger partial charge in [-0.05, 0) is 31.0 Å². The first-order valence-corrected chi connectivity index (χ1v) is 11.7. The summed E-state index contributed by atoms with van der Waals surface area (Å²) in [5, 5.41) is 10.9. The van der Waals surface area contributed by atoms with Crippen LogP contribution < -0.4 is 4.72 Å². The number of nitrogens with one attached hydrogen (secondary N) is 1. The van der Waals surface area contributed by atoms with Crippen LogP contribution in [0.1, 0.15) is 21.5 Å². The molecule has 0 heterocycles. The number of Topliss-reactive ketones (excluding diaryl/α,β-unsaturated/α-hetero) is 1. The van der Waals surface area contributed by atoms with Gasteiger partial charge in [0.15, 0.2) is 6.61 Å². The lowest BCUT2D eigenvalue weighted by molar-refractivity contribution is -0.384. The largest absolute Gasteiger partial charge is 0.456 e. The maximum absolute atomic E-state index is 12.9. The first kappa shape index (κ1) is 24.7. The predicted molar refractivity (Wildman–Crippen MR) is 124 cm³/mol. The Bertz CT molecular complexity index is 1290. The van der Waals surface area contributed by atoms with Gasteiger partial charge >= 0.3 is 5.97 Å². The Morgan fingerprint density at radius 2 is 1.68 bits per heavy atom. The highest BCUT2D eigenvalue weighted by atomic mass is 32.2. The molecule has 0 amide bonds. The minimum absolute atomic E-state index is 0.00171. The number of non-ortho nitro benzene ring substituents is 1. The van der Waals surface area contributed by atoms with Gasteiger partial charge in [-0.25, -0.2) is 8.42 Å². The predicted octanol–water partition coefficient (Wildman–Crippen LogP) is 3.22. The molecule has 0 aliphatic heterocycles. The molecule has 10 heteroatoms.